The molecule has 0 saturated heterocycles. The molecule has 0 aliphatic carbocycles. The topological polar surface area (TPSA) is 51.8 Å². The van der Waals surface area contributed by atoms with Gasteiger partial charge in [-0.15, -0.1) is 0 Å². The molecule has 0 bridgehead atoms. The van der Waals surface area contributed by atoms with E-state index in [1.54, 1.807) is 6.07 Å². The predicted molar refractivity (Wildman–Crippen MR) is 82.1 cm³/mol. The van der Waals surface area contributed by atoms with Crippen LogP contribution >= 0.6 is 15.9 Å². The molecule has 0 spiro atoms. The number of aromatic nitrogens is 2. The van der Waals surface area contributed by atoms with E-state index in [1.807, 2.05) is 13.8 Å². The van der Waals surface area contributed by atoms with Crippen LogP contribution in [0.2, 0.25) is 0 Å². The van der Waals surface area contributed by atoms with Gasteiger partial charge in [0.05, 0.1) is 0 Å². The summed E-state index contributed by atoms with van der Waals surface area (Å²) in [7, 11) is 0. The Hall–Kier alpha value is -1.33. The van der Waals surface area contributed by atoms with Crippen LogP contribution in [-0.2, 0) is 0 Å². The summed E-state index contributed by atoms with van der Waals surface area (Å²) < 4.78 is 14.2. The van der Waals surface area contributed by atoms with E-state index in [0.717, 1.165) is 21.4 Å². The molecular weight excluding hydrogens is 321 g/mol. The van der Waals surface area contributed by atoms with Crippen molar-refractivity contribution in [1.82, 2.24) is 9.97 Å². The smallest absolute Gasteiger partial charge is 0.160 e. The first-order valence-corrected chi connectivity index (χ1v) is 7.24. The number of benzene rings is 1. The van der Waals surface area contributed by atoms with Crippen LogP contribution in [-0.4, -0.2) is 16.5 Å². The molecule has 3 nitrogen and oxygen atoms in total. The van der Waals surface area contributed by atoms with E-state index in [2.05, 4.69) is 32.8 Å². The minimum absolute atomic E-state index is 0.208. The van der Waals surface area contributed by atoms with Gasteiger partial charge in [-0.1, -0.05) is 22.9 Å². The maximum Gasteiger partial charge on any atom is 0.160 e. The summed E-state index contributed by atoms with van der Waals surface area (Å²) in [6.45, 7) is 6.48. The van der Waals surface area contributed by atoms with Crippen molar-refractivity contribution < 1.29 is 4.39 Å². The zero-order chi connectivity index (χ0) is 14.9. The number of nitrogens with two attached hydrogens (primary N) is 1. The van der Waals surface area contributed by atoms with Crippen molar-refractivity contribution >= 4 is 15.9 Å². The summed E-state index contributed by atoms with van der Waals surface area (Å²) in [4.78, 5) is 9.02. The van der Waals surface area contributed by atoms with Crippen molar-refractivity contribution in [2.75, 3.05) is 6.54 Å². The zero-order valence-electron chi connectivity index (χ0n) is 11.7. The highest BCUT2D eigenvalue weighted by Crippen LogP contribution is 2.29. The van der Waals surface area contributed by atoms with Gasteiger partial charge >= 0.3 is 0 Å². The second-order valence-corrected chi connectivity index (χ2v) is 5.75. The van der Waals surface area contributed by atoms with Crippen LogP contribution in [0.3, 0.4) is 0 Å². The van der Waals surface area contributed by atoms with E-state index < -0.39 is 0 Å². The summed E-state index contributed by atoms with van der Waals surface area (Å²) in [5.74, 6) is 0.431. The maximum absolute atomic E-state index is 13.4. The lowest BCUT2D eigenvalue weighted by Gasteiger charge is -2.16. The van der Waals surface area contributed by atoms with Crippen LogP contribution in [0.4, 0.5) is 4.39 Å². The Labute approximate surface area is 126 Å². The van der Waals surface area contributed by atoms with E-state index in [0.29, 0.717) is 17.9 Å². The first-order valence-electron chi connectivity index (χ1n) is 6.44. The van der Waals surface area contributed by atoms with Crippen LogP contribution in [0.5, 0.6) is 0 Å². The van der Waals surface area contributed by atoms with Gasteiger partial charge in [-0.2, -0.15) is 0 Å². The number of aryl methyl sites for hydroxylation is 2. The molecule has 1 aromatic heterocycles. The maximum atomic E-state index is 13.4. The number of hydrogen-bond acceptors (Lipinski definition) is 3. The molecule has 0 saturated carbocycles. The first-order chi connectivity index (χ1) is 9.43. The molecule has 0 amide bonds. The predicted octanol–water partition coefficient (Wildman–Crippen LogP) is 3.72. The third-order valence-electron chi connectivity index (χ3n) is 3.34. The standard InChI is InChI=1S/C15H17BrFN3/c1-8(7-18)14-9(2)19-15(20-10(14)3)12-6-11(17)4-5-13(12)16/h4-6,8H,7,18H2,1-3H3. The monoisotopic (exact) mass is 337 g/mol. The molecular formula is C15H17BrFN3. The fraction of sp³-hybridized carbons (Fsp3) is 0.333. The van der Waals surface area contributed by atoms with Gasteiger partial charge in [0.1, 0.15) is 5.82 Å². The molecule has 0 radical (unpaired) electrons. The molecule has 5 heteroatoms. The van der Waals surface area contributed by atoms with Gasteiger partial charge in [0, 0.05) is 21.4 Å². The third-order valence-corrected chi connectivity index (χ3v) is 4.03. The van der Waals surface area contributed by atoms with Crippen molar-refractivity contribution in [2.45, 2.75) is 26.7 Å². The number of halogens is 2. The van der Waals surface area contributed by atoms with Crippen molar-refractivity contribution in [1.29, 1.82) is 0 Å². The second-order valence-electron chi connectivity index (χ2n) is 4.89. The van der Waals surface area contributed by atoms with Gasteiger partial charge in [-0.3, -0.25) is 0 Å². The van der Waals surface area contributed by atoms with Gasteiger partial charge in [-0.25, -0.2) is 14.4 Å². The summed E-state index contributed by atoms with van der Waals surface area (Å²) in [6.07, 6.45) is 0. The van der Waals surface area contributed by atoms with Gasteiger partial charge < -0.3 is 5.73 Å². The van der Waals surface area contributed by atoms with Gasteiger partial charge in [-0.05, 0) is 50.1 Å². The number of rotatable bonds is 3. The minimum Gasteiger partial charge on any atom is -0.330 e. The number of nitrogens with zero attached hydrogens (tertiary/aromatic N) is 2. The lowest BCUT2D eigenvalue weighted by molar-refractivity contribution is 0.628. The normalized spacial score (nSPS) is 12.5. The minimum atomic E-state index is -0.304. The van der Waals surface area contributed by atoms with Crippen molar-refractivity contribution in [3.8, 4) is 11.4 Å². The fourth-order valence-corrected chi connectivity index (χ4v) is 2.77. The van der Waals surface area contributed by atoms with Crippen molar-refractivity contribution in [3.05, 3.63) is 45.4 Å². The highest BCUT2D eigenvalue weighted by Gasteiger charge is 2.16. The Bertz CT molecular complexity index is 620. The Morgan fingerprint density at radius 3 is 2.40 bits per heavy atom. The quantitative estimate of drug-likeness (QED) is 0.928. The van der Waals surface area contributed by atoms with Crippen LogP contribution < -0.4 is 5.73 Å². The van der Waals surface area contributed by atoms with Crippen LogP contribution in [0.25, 0.3) is 11.4 Å². The molecule has 0 aliphatic rings. The van der Waals surface area contributed by atoms with Crippen molar-refractivity contribution in [2.24, 2.45) is 5.73 Å². The molecule has 1 aromatic carbocycles. The highest BCUT2D eigenvalue weighted by molar-refractivity contribution is 9.10. The Morgan fingerprint density at radius 2 is 1.85 bits per heavy atom. The largest absolute Gasteiger partial charge is 0.330 e. The molecule has 20 heavy (non-hydrogen) atoms. The van der Waals surface area contributed by atoms with E-state index in [9.17, 15) is 4.39 Å². The molecule has 1 unspecified atom stereocenters. The second kappa shape index (κ2) is 5.97. The van der Waals surface area contributed by atoms with Crippen LogP contribution in [0, 0.1) is 19.7 Å². The zero-order valence-corrected chi connectivity index (χ0v) is 13.3. The summed E-state index contributed by atoms with van der Waals surface area (Å²) in [5, 5.41) is 0. The molecule has 1 heterocycles. The average Bonchev–Trinajstić information content (AvgIpc) is 2.40. The Morgan fingerprint density at radius 1 is 1.25 bits per heavy atom. The molecule has 2 aromatic rings. The number of hydrogen-bond donors (Lipinski definition) is 1. The SMILES string of the molecule is Cc1nc(-c2cc(F)ccc2Br)nc(C)c1C(C)CN. The summed E-state index contributed by atoms with van der Waals surface area (Å²) in [6, 6.07) is 4.50. The highest BCUT2D eigenvalue weighted by atomic mass is 79.9. The third kappa shape index (κ3) is 2.88. The van der Waals surface area contributed by atoms with Crippen molar-refractivity contribution in [3.63, 3.8) is 0 Å². The molecule has 1 atom stereocenters. The van der Waals surface area contributed by atoms with Gasteiger partial charge in [0.25, 0.3) is 0 Å². The lowest BCUT2D eigenvalue weighted by Crippen LogP contribution is -2.14. The fourth-order valence-electron chi connectivity index (χ4n) is 2.35. The molecule has 2 rings (SSSR count). The molecule has 0 fully saturated rings. The lowest BCUT2D eigenvalue weighted by atomic mass is 9.98. The molecule has 0 aliphatic heterocycles. The van der Waals surface area contributed by atoms with E-state index in [1.165, 1.54) is 12.1 Å². The average molecular weight is 338 g/mol. The molecule has 106 valence electrons. The van der Waals surface area contributed by atoms with E-state index in [4.69, 9.17) is 5.73 Å². The van der Waals surface area contributed by atoms with Crippen LogP contribution in [0.15, 0.2) is 22.7 Å². The van der Waals surface area contributed by atoms with Gasteiger partial charge in [0.2, 0.25) is 0 Å². The summed E-state index contributed by atoms with van der Waals surface area (Å²) >= 11 is 3.41. The summed E-state index contributed by atoms with van der Waals surface area (Å²) in [5.41, 5.74) is 9.23. The van der Waals surface area contributed by atoms with Crippen LogP contribution in [0.1, 0.15) is 29.8 Å². The van der Waals surface area contributed by atoms with E-state index >= 15 is 0 Å². The van der Waals surface area contributed by atoms with Gasteiger partial charge in [0.15, 0.2) is 5.82 Å². The first kappa shape index (κ1) is 15.1. The Kier molecular flexibility index (Phi) is 4.50. The Balaban J connectivity index is 2.58. The van der Waals surface area contributed by atoms with E-state index in [-0.39, 0.29) is 11.7 Å². The molecule has 2 N–H and O–H groups in total.